The fraction of sp³-hybridized carbons (Fsp3) is 0.917. The summed E-state index contributed by atoms with van der Waals surface area (Å²) in [4.78, 5) is 2.27. The van der Waals surface area contributed by atoms with E-state index in [-0.39, 0.29) is 5.84 Å². The molecule has 1 heterocycles. The Morgan fingerprint density at radius 2 is 2.24 bits per heavy atom. The lowest BCUT2D eigenvalue weighted by atomic mass is 10.2. The summed E-state index contributed by atoms with van der Waals surface area (Å²) in [7, 11) is 1.71. The molecule has 0 saturated carbocycles. The molecule has 5 nitrogen and oxygen atoms in total. The van der Waals surface area contributed by atoms with Crippen LogP contribution in [0.3, 0.4) is 0 Å². The highest BCUT2D eigenvalue weighted by Gasteiger charge is 2.23. The minimum atomic E-state index is 0.244. The Morgan fingerprint density at radius 3 is 2.76 bits per heavy atom. The van der Waals surface area contributed by atoms with Crippen molar-refractivity contribution in [3.8, 4) is 0 Å². The SMILES string of the molecule is COCCN(CCC(=N)N)CC1CCC(C)O1. The third-order valence-corrected chi connectivity index (χ3v) is 3.09. The van der Waals surface area contributed by atoms with E-state index in [4.69, 9.17) is 20.6 Å². The van der Waals surface area contributed by atoms with E-state index in [0.29, 0.717) is 25.2 Å². The highest BCUT2D eigenvalue weighted by molar-refractivity contribution is 5.76. The fourth-order valence-corrected chi connectivity index (χ4v) is 2.10. The van der Waals surface area contributed by atoms with Gasteiger partial charge in [-0.2, -0.15) is 0 Å². The number of nitrogens with zero attached hydrogens (tertiary/aromatic N) is 1. The van der Waals surface area contributed by atoms with Crippen LogP contribution in [0.25, 0.3) is 0 Å². The van der Waals surface area contributed by atoms with Crippen molar-refractivity contribution in [1.29, 1.82) is 5.41 Å². The van der Waals surface area contributed by atoms with E-state index in [1.54, 1.807) is 7.11 Å². The molecule has 1 fully saturated rings. The van der Waals surface area contributed by atoms with Crippen LogP contribution in [-0.4, -0.2) is 56.3 Å². The molecule has 0 spiro atoms. The molecule has 1 saturated heterocycles. The van der Waals surface area contributed by atoms with Gasteiger partial charge < -0.3 is 15.2 Å². The third-order valence-electron chi connectivity index (χ3n) is 3.09. The van der Waals surface area contributed by atoms with Crippen LogP contribution in [0, 0.1) is 5.41 Å². The predicted octanol–water partition coefficient (Wildman–Crippen LogP) is 0.828. The zero-order chi connectivity index (χ0) is 12.7. The van der Waals surface area contributed by atoms with Crippen molar-refractivity contribution in [2.45, 2.75) is 38.4 Å². The normalized spacial score (nSPS) is 24.4. The Balaban J connectivity index is 2.31. The van der Waals surface area contributed by atoms with Gasteiger partial charge in [0.25, 0.3) is 0 Å². The van der Waals surface area contributed by atoms with Crippen LogP contribution in [0.15, 0.2) is 0 Å². The Morgan fingerprint density at radius 1 is 1.47 bits per heavy atom. The van der Waals surface area contributed by atoms with Gasteiger partial charge >= 0.3 is 0 Å². The van der Waals surface area contributed by atoms with Crippen LogP contribution in [-0.2, 0) is 9.47 Å². The van der Waals surface area contributed by atoms with Crippen LogP contribution in [0.2, 0.25) is 0 Å². The largest absolute Gasteiger partial charge is 0.388 e. The highest BCUT2D eigenvalue weighted by Crippen LogP contribution is 2.19. The molecule has 0 amide bonds. The van der Waals surface area contributed by atoms with Crippen LogP contribution < -0.4 is 5.73 Å². The molecule has 17 heavy (non-hydrogen) atoms. The highest BCUT2D eigenvalue weighted by atomic mass is 16.5. The average Bonchev–Trinajstić information content (AvgIpc) is 2.68. The minimum absolute atomic E-state index is 0.244. The molecule has 1 aliphatic heterocycles. The van der Waals surface area contributed by atoms with Gasteiger partial charge in [-0.1, -0.05) is 0 Å². The van der Waals surface area contributed by atoms with E-state index in [2.05, 4.69) is 11.8 Å². The average molecular weight is 243 g/mol. The number of hydrogen-bond donors (Lipinski definition) is 2. The van der Waals surface area contributed by atoms with E-state index >= 15 is 0 Å². The summed E-state index contributed by atoms with van der Waals surface area (Å²) < 4.78 is 10.9. The van der Waals surface area contributed by atoms with E-state index in [1.165, 1.54) is 0 Å². The number of nitrogens with one attached hydrogen (secondary N) is 1. The van der Waals surface area contributed by atoms with E-state index in [0.717, 1.165) is 32.5 Å². The van der Waals surface area contributed by atoms with E-state index < -0.39 is 0 Å². The van der Waals surface area contributed by atoms with Crippen LogP contribution >= 0.6 is 0 Å². The number of ether oxygens (including phenoxy) is 2. The molecule has 1 rings (SSSR count). The molecule has 0 radical (unpaired) electrons. The van der Waals surface area contributed by atoms with E-state index in [9.17, 15) is 0 Å². The molecule has 100 valence electrons. The molecule has 0 bridgehead atoms. The molecule has 2 atom stereocenters. The summed E-state index contributed by atoms with van der Waals surface area (Å²) in [5.41, 5.74) is 5.39. The summed E-state index contributed by atoms with van der Waals surface area (Å²) in [6.07, 6.45) is 3.61. The van der Waals surface area contributed by atoms with Gasteiger partial charge in [0, 0.05) is 33.2 Å². The molecule has 3 N–H and O–H groups in total. The molecule has 1 aliphatic rings. The number of amidine groups is 1. The van der Waals surface area contributed by atoms with Gasteiger partial charge in [0.15, 0.2) is 0 Å². The Bertz CT molecular complexity index is 236. The molecular weight excluding hydrogens is 218 g/mol. The topological polar surface area (TPSA) is 71.6 Å². The summed E-state index contributed by atoms with van der Waals surface area (Å²) >= 11 is 0. The van der Waals surface area contributed by atoms with E-state index in [1.807, 2.05) is 0 Å². The maximum Gasteiger partial charge on any atom is 0.0918 e. The number of methoxy groups -OCH3 is 1. The minimum Gasteiger partial charge on any atom is -0.388 e. The third kappa shape index (κ3) is 6.00. The molecule has 0 aliphatic carbocycles. The zero-order valence-corrected chi connectivity index (χ0v) is 10.9. The van der Waals surface area contributed by atoms with Gasteiger partial charge in [0.1, 0.15) is 0 Å². The summed E-state index contributed by atoms with van der Waals surface area (Å²) in [6, 6.07) is 0. The quantitative estimate of drug-likeness (QED) is 0.489. The molecule has 0 aromatic heterocycles. The van der Waals surface area contributed by atoms with Crippen molar-refractivity contribution in [2.24, 2.45) is 5.73 Å². The van der Waals surface area contributed by atoms with Gasteiger partial charge in [0.2, 0.25) is 0 Å². The lowest BCUT2D eigenvalue weighted by Crippen LogP contribution is -2.37. The Hall–Kier alpha value is -0.650. The van der Waals surface area contributed by atoms with Crippen LogP contribution in [0.1, 0.15) is 26.2 Å². The number of rotatable bonds is 8. The summed E-state index contributed by atoms with van der Waals surface area (Å²) in [6.45, 7) is 5.43. The maximum atomic E-state index is 7.27. The first kappa shape index (κ1) is 14.4. The van der Waals surface area contributed by atoms with Crippen molar-refractivity contribution in [2.75, 3.05) is 33.4 Å². The molecular formula is C12H25N3O2. The first-order valence-corrected chi connectivity index (χ1v) is 6.31. The van der Waals surface area contributed by atoms with Crippen molar-refractivity contribution < 1.29 is 9.47 Å². The maximum absolute atomic E-state index is 7.27. The summed E-state index contributed by atoms with van der Waals surface area (Å²) in [5, 5.41) is 7.27. The first-order chi connectivity index (χ1) is 8.11. The standard InChI is InChI=1S/C12H25N3O2/c1-10-3-4-11(17-10)9-15(7-8-16-2)6-5-12(13)14/h10-11H,3-9H2,1-2H3,(H3,13,14). The first-order valence-electron chi connectivity index (χ1n) is 6.31. The Labute approximate surface area is 104 Å². The van der Waals surface area contributed by atoms with Crippen molar-refractivity contribution in [3.63, 3.8) is 0 Å². The van der Waals surface area contributed by atoms with Gasteiger partial charge in [0.05, 0.1) is 24.7 Å². The lowest BCUT2D eigenvalue weighted by Gasteiger charge is -2.25. The molecule has 0 aromatic carbocycles. The zero-order valence-electron chi connectivity index (χ0n) is 10.9. The second-order valence-corrected chi connectivity index (χ2v) is 4.71. The summed E-state index contributed by atoms with van der Waals surface area (Å²) in [5.74, 6) is 0.244. The second kappa shape index (κ2) is 7.63. The van der Waals surface area contributed by atoms with Gasteiger partial charge in [-0.25, -0.2) is 0 Å². The van der Waals surface area contributed by atoms with Crippen molar-refractivity contribution in [1.82, 2.24) is 4.90 Å². The van der Waals surface area contributed by atoms with Crippen molar-refractivity contribution >= 4 is 5.84 Å². The monoisotopic (exact) mass is 243 g/mol. The van der Waals surface area contributed by atoms with Gasteiger partial charge in [-0.15, -0.1) is 0 Å². The lowest BCUT2D eigenvalue weighted by molar-refractivity contribution is 0.0266. The van der Waals surface area contributed by atoms with Crippen molar-refractivity contribution in [3.05, 3.63) is 0 Å². The van der Waals surface area contributed by atoms with Crippen LogP contribution in [0.5, 0.6) is 0 Å². The number of nitrogens with two attached hydrogens (primary N) is 1. The predicted molar refractivity (Wildman–Crippen MR) is 68.4 cm³/mol. The smallest absolute Gasteiger partial charge is 0.0918 e. The Kier molecular flexibility index (Phi) is 6.47. The van der Waals surface area contributed by atoms with Crippen LogP contribution in [0.4, 0.5) is 0 Å². The molecule has 2 unspecified atom stereocenters. The molecule has 0 aromatic rings. The fourth-order valence-electron chi connectivity index (χ4n) is 2.10. The number of hydrogen-bond acceptors (Lipinski definition) is 4. The molecule has 5 heteroatoms. The second-order valence-electron chi connectivity index (χ2n) is 4.71. The van der Waals surface area contributed by atoms with Gasteiger partial charge in [-0.3, -0.25) is 10.3 Å². The van der Waals surface area contributed by atoms with Gasteiger partial charge in [-0.05, 0) is 19.8 Å².